The van der Waals surface area contributed by atoms with Crippen molar-refractivity contribution in [2.24, 2.45) is 0 Å². The summed E-state index contributed by atoms with van der Waals surface area (Å²) in [6.45, 7) is 3.98. The summed E-state index contributed by atoms with van der Waals surface area (Å²) in [5.74, 6) is -0.150. The van der Waals surface area contributed by atoms with Crippen LogP contribution in [0.5, 0.6) is 0 Å². The summed E-state index contributed by atoms with van der Waals surface area (Å²) in [5, 5.41) is 9.01. The van der Waals surface area contributed by atoms with Gasteiger partial charge < -0.3 is 20.5 Å². The summed E-state index contributed by atoms with van der Waals surface area (Å²) in [5.41, 5.74) is 2.97. The Hall–Kier alpha value is -3.06. The molecule has 0 atom stereocenters. The highest BCUT2D eigenvalue weighted by Crippen LogP contribution is 2.31. The van der Waals surface area contributed by atoms with E-state index in [4.69, 9.17) is 0 Å². The molecule has 3 aromatic rings. The topological polar surface area (TPSA) is 75.2 Å². The summed E-state index contributed by atoms with van der Waals surface area (Å²) in [6, 6.07) is 10.6. The van der Waals surface area contributed by atoms with E-state index in [0.29, 0.717) is 16.9 Å². The number of benzene rings is 1. The average molecular weight is 368 g/mol. The number of aromatic nitrogens is 1. The molecule has 7 heteroatoms. The number of amides is 3. The third kappa shape index (κ3) is 3.62. The molecule has 0 fully saturated rings. The lowest BCUT2D eigenvalue weighted by atomic mass is 10.1. The van der Waals surface area contributed by atoms with Gasteiger partial charge in [0.05, 0.1) is 5.56 Å². The maximum Gasteiger partial charge on any atom is 0.318 e. The smallest absolute Gasteiger partial charge is 0.318 e. The van der Waals surface area contributed by atoms with Crippen molar-refractivity contribution in [3.05, 3.63) is 64.8 Å². The molecule has 0 aliphatic carbocycles. The van der Waals surface area contributed by atoms with Gasteiger partial charge in [-0.25, -0.2) is 4.79 Å². The number of hydrogen-bond donors (Lipinski definition) is 3. The Balaban J connectivity index is 1.82. The van der Waals surface area contributed by atoms with E-state index >= 15 is 0 Å². The minimum absolute atomic E-state index is 0.150. The van der Waals surface area contributed by atoms with Crippen LogP contribution in [-0.4, -0.2) is 23.6 Å². The van der Waals surface area contributed by atoms with Gasteiger partial charge in [0, 0.05) is 35.7 Å². The van der Waals surface area contributed by atoms with Gasteiger partial charge in [-0.2, -0.15) is 0 Å². The largest absolute Gasteiger partial charge is 0.341 e. The van der Waals surface area contributed by atoms with Gasteiger partial charge in [0.2, 0.25) is 0 Å². The van der Waals surface area contributed by atoms with Crippen LogP contribution in [0, 0.1) is 13.8 Å². The van der Waals surface area contributed by atoms with Crippen molar-refractivity contribution in [1.29, 1.82) is 0 Å². The number of carbonyl (C=O) groups is 2. The third-order valence-electron chi connectivity index (χ3n) is 4.06. The fraction of sp³-hybridized carbons (Fsp3) is 0.158. The molecule has 0 aliphatic rings. The van der Waals surface area contributed by atoms with Crippen molar-refractivity contribution in [2.45, 2.75) is 13.8 Å². The zero-order valence-electron chi connectivity index (χ0n) is 14.8. The normalized spacial score (nSPS) is 10.4. The van der Waals surface area contributed by atoms with E-state index in [1.165, 1.54) is 0 Å². The Morgan fingerprint density at radius 2 is 1.54 bits per heavy atom. The molecule has 2 heterocycles. The zero-order valence-corrected chi connectivity index (χ0v) is 15.6. The van der Waals surface area contributed by atoms with Crippen LogP contribution in [0.2, 0.25) is 0 Å². The molecule has 0 spiro atoms. The Kier molecular flexibility index (Phi) is 5.09. The van der Waals surface area contributed by atoms with E-state index in [2.05, 4.69) is 16.0 Å². The Labute approximate surface area is 155 Å². The second-order valence-corrected chi connectivity index (χ2v) is 6.99. The summed E-state index contributed by atoms with van der Waals surface area (Å²) in [6.07, 6.45) is 3.86. The summed E-state index contributed by atoms with van der Waals surface area (Å²) in [7, 11) is 1.55. The number of nitrogens with one attached hydrogen (secondary N) is 3. The Morgan fingerprint density at radius 1 is 0.962 bits per heavy atom. The van der Waals surface area contributed by atoms with Crippen LogP contribution in [-0.2, 0) is 0 Å². The molecule has 0 radical (unpaired) electrons. The first-order valence-corrected chi connectivity index (χ1v) is 8.94. The van der Waals surface area contributed by atoms with E-state index in [9.17, 15) is 9.59 Å². The molecule has 3 rings (SSSR count). The van der Waals surface area contributed by atoms with E-state index in [1.807, 2.05) is 42.9 Å². The fourth-order valence-corrected chi connectivity index (χ4v) is 3.67. The molecule has 0 bridgehead atoms. The van der Waals surface area contributed by atoms with Gasteiger partial charge >= 0.3 is 6.03 Å². The molecule has 26 heavy (non-hydrogen) atoms. The van der Waals surface area contributed by atoms with Gasteiger partial charge in [-0.15, -0.1) is 11.3 Å². The van der Waals surface area contributed by atoms with Crippen LogP contribution in [0.1, 0.15) is 20.8 Å². The average Bonchev–Trinajstić information content (AvgIpc) is 3.25. The molecular formula is C19H20N4O2S. The van der Waals surface area contributed by atoms with Crippen LogP contribution >= 0.6 is 11.3 Å². The van der Waals surface area contributed by atoms with Gasteiger partial charge in [0.1, 0.15) is 5.00 Å². The predicted molar refractivity (Wildman–Crippen MR) is 106 cm³/mol. The van der Waals surface area contributed by atoms with E-state index in [1.54, 1.807) is 42.6 Å². The van der Waals surface area contributed by atoms with Crippen LogP contribution in [0.15, 0.2) is 48.8 Å². The highest BCUT2D eigenvalue weighted by molar-refractivity contribution is 7.15. The highest BCUT2D eigenvalue weighted by atomic mass is 32.1. The van der Waals surface area contributed by atoms with Crippen LogP contribution in [0.25, 0.3) is 5.00 Å². The SMILES string of the molecule is CNC(=O)Nc1ccc(NC(=O)c2c(-n3cccc3)sc(C)c2C)cc1. The van der Waals surface area contributed by atoms with Crippen molar-refractivity contribution >= 4 is 34.6 Å². The lowest BCUT2D eigenvalue weighted by Crippen LogP contribution is -2.24. The Morgan fingerprint density at radius 3 is 2.12 bits per heavy atom. The second-order valence-electron chi connectivity index (χ2n) is 5.79. The number of aryl methyl sites for hydroxylation is 1. The molecular weight excluding hydrogens is 348 g/mol. The number of urea groups is 1. The number of thiophene rings is 1. The van der Waals surface area contributed by atoms with Gasteiger partial charge in [0.25, 0.3) is 5.91 Å². The first kappa shape index (κ1) is 17.8. The molecule has 0 saturated carbocycles. The summed E-state index contributed by atoms with van der Waals surface area (Å²) >= 11 is 1.60. The standard InChI is InChI=1S/C19H20N4O2S/c1-12-13(2)26-18(23-10-4-5-11-23)16(12)17(24)21-14-6-8-15(9-7-14)22-19(25)20-3/h4-11H,1-3H3,(H,21,24)(H2,20,22,25). The zero-order chi connectivity index (χ0) is 18.7. The van der Waals surface area contributed by atoms with Gasteiger partial charge in [-0.3, -0.25) is 4.79 Å². The van der Waals surface area contributed by atoms with Crippen LogP contribution < -0.4 is 16.0 Å². The van der Waals surface area contributed by atoms with Crippen molar-refractivity contribution < 1.29 is 9.59 Å². The van der Waals surface area contributed by atoms with Crippen LogP contribution in [0.3, 0.4) is 0 Å². The number of anilines is 2. The van der Waals surface area contributed by atoms with Gasteiger partial charge in [-0.1, -0.05) is 0 Å². The van der Waals surface area contributed by atoms with Crippen LogP contribution in [0.4, 0.5) is 16.2 Å². The number of hydrogen-bond acceptors (Lipinski definition) is 3. The third-order valence-corrected chi connectivity index (χ3v) is 5.28. The molecule has 0 aliphatic heterocycles. The summed E-state index contributed by atoms with van der Waals surface area (Å²) in [4.78, 5) is 25.3. The monoisotopic (exact) mass is 368 g/mol. The van der Waals surface area contributed by atoms with E-state index < -0.39 is 0 Å². The molecule has 0 unspecified atom stereocenters. The first-order chi connectivity index (χ1) is 12.5. The molecule has 0 saturated heterocycles. The quantitative estimate of drug-likeness (QED) is 0.647. The van der Waals surface area contributed by atoms with E-state index in [0.717, 1.165) is 15.4 Å². The first-order valence-electron chi connectivity index (χ1n) is 8.13. The summed E-state index contributed by atoms with van der Waals surface area (Å²) < 4.78 is 1.95. The minimum atomic E-state index is -0.289. The number of carbonyl (C=O) groups excluding carboxylic acids is 2. The maximum absolute atomic E-state index is 12.9. The fourth-order valence-electron chi connectivity index (χ4n) is 2.55. The molecule has 134 valence electrons. The minimum Gasteiger partial charge on any atom is -0.341 e. The molecule has 1 aromatic carbocycles. The highest BCUT2D eigenvalue weighted by Gasteiger charge is 2.20. The number of rotatable bonds is 4. The van der Waals surface area contributed by atoms with E-state index in [-0.39, 0.29) is 11.9 Å². The van der Waals surface area contributed by atoms with Crippen molar-refractivity contribution in [1.82, 2.24) is 9.88 Å². The molecule has 3 N–H and O–H groups in total. The molecule has 3 amide bonds. The molecule has 2 aromatic heterocycles. The van der Waals surface area contributed by atoms with Crippen molar-refractivity contribution in [2.75, 3.05) is 17.7 Å². The van der Waals surface area contributed by atoms with Crippen molar-refractivity contribution in [3.8, 4) is 5.00 Å². The van der Waals surface area contributed by atoms with Crippen molar-refractivity contribution in [3.63, 3.8) is 0 Å². The molecule has 6 nitrogen and oxygen atoms in total. The number of nitrogens with zero attached hydrogens (tertiary/aromatic N) is 1. The lowest BCUT2D eigenvalue weighted by Gasteiger charge is -2.10. The second kappa shape index (κ2) is 7.45. The lowest BCUT2D eigenvalue weighted by molar-refractivity contribution is 0.102. The maximum atomic E-state index is 12.9. The Bertz CT molecular complexity index is 927. The predicted octanol–water partition coefficient (Wildman–Crippen LogP) is 4.16. The van der Waals surface area contributed by atoms with Gasteiger partial charge in [-0.05, 0) is 55.8 Å². The van der Waals surface area contributed by atoms with Gasteiger partial charge in [0.15, 0.2) is 0 Å².